The van der Waals surface area contributed by atoms with Crippen LogP contribution in [0.2, 0.25) is 0 Å². The van der Waals surface area contributed by atoms with Gasteiger partial charge in [-0.2, -0.15) is 0 Å². The number of piperidine rings is 1. The van der Waals surface area contributed by atoms with Crippen LogP contribution in [-0.4, -0.2) is 37.1 Å². The highest BCUT2D eigenvalue weighted by Crippen LogP contribution is 2.29. The van der Waals surface area contributed by atoms with E-state index in [0.717, 1.165) is 42.3 Å². The minimum Gasteiger partial charge on any atom is -0.451 e. The van der Waals surface area contributed by atoms with Crippen molar-refractivity contribution in [2.24, 2.45) is 0 Å². The highest BCUT2D eigenvalue weighted by atomic mass is 16.5. The molecule has 4 heteroatoms. The van der Waals surface area contributed by atoms with Crippen molar-refractivity contribution in [2.75, 3.05) is 20.3 Å². The van der Waals surface area contributed by atoms with Crippen molar-refractivity contribution < 1.29 is 13.9 Å². The van der Waals surface area contributed by atoms with Crippen LogP contribution in [0.25, 0.3) is 11.0 Å². The second-order valence-corrected chi connectivity index (χ2v) is 6.16. The van der Waals surface area contributed by atoms with Crippen LogP contribution in [0.3, 0.4) is 0 Å². The Hall–Kier alpha value is -1.81. The van der Waals surface area contributed by atoms with Crippen LogP contribution in [0, 0.1) is 13.8 Å². The molecular formula is C18H23NO3. The van der Waals surface area contributed by atoms with Crippen molar-refractivity contribution in [3.05, 3.63) is 35.1 Å². The van der Waals surface area contributed by atoms with Crippen molar-refractivity contribution in [1.29, 1.82) is 0 Å². The number of hydrogen-bond acceptors (Lipinski definition) is 3. The molecule has 1 aromatic heterocycles. The lowest BCUT2D eigenvalue weighted by atomic mass is 10.0. The van der Waals surface area contributed by atoms with Crippen LogP contribution >= 0.6 is 0 Å². The van der Waals surface area contributed by atoms with Gasteiger partial charge in [-0.05, 0) is 45.2 Å². The number of hydrogen-bond donors (Lipinski definition) is 0. The van der Waals surface area contributed by atoms with E-state index in [1.165, 1.54) is 5.56 Å². The van der Waals surface area contributed by atoms with E-state index in [9.17, 15) is 4.79 Å². The highest BCUT2D eigenvalue weighted by Gasteiger charge is 2.30. The van der Waals surface area contributed by atoms with Crippen molar-refractivity contribution >= 4 is 16.9 Å². The summed E-state index contributed by atoms with van der Waals surface area (Å²) in [5.74, 6) is 0.469. The summed E-state index contributed by atoms with van der Waals surface area (Å²) in [7, 11) is 1.69. The quantitative estimate of drug-likeness (QED) is 0.868. The molecule has 0 bridgehead atoms. The fourth-order valence-corrected chi connectivity index (χ4v) is 3.30. The number of furan rings is 1. The average molecular weight is 301 g/mol. The zero-order valence-electron chi connectivity index (χ0n) is 13.5. The van der Waals surface area contributed by atoms with E-state index >= 15 is 0 Å². The van der Waals surface area contributed by atoms with Gasteiger partial charge < -0.3 is 14.1 Å². The molecule has 0 aliphatic carbocycles. The van der Waals surface area contributed by atoms with Crippen molar-refractivity contribution in [3.63, 3.8) is 0 Å². The molecule has 0 unspecified atom stereocenters. The summed E-state index contributed by atoms with van der Waals surface area (Å²) < 4.78 is 11.1. The van der Waals surface area contributed by atoms with Gasteiger partial charge in [0.1, 0.15) is 5.58 Å². The van der Waals surface area contributed by atoms with E-state index < -0.39 is 0 Å². The smallest absolute Gasteiger partial charge is 0.290 e. The summed E-state index contributed by atoms with van der Waals surface area (Å²) in [5.41, 5.74) is 2.89. The molecule has 1 atom stereocenters. The molecule has 1 aliphatic heterocycles. The number of methoxy groups -OCH3 is 1. The number of nitrogens with zero attached hydrogens (tertiary/aromatic N) is 1. The van der Waals surface area contributed by atoms with E-state index in [2.05, 4.69) is 6.07 Å². The predicted molar refractivity (Wildman–Crippen MR) is 86.2 cm³/mol. The van der Waals surface area contributed by atoms with E-state index in [0.29, 0.717) is 12.4 Å². The van der Waals surface area contributed by atoms with Gasteiger partial charge in [-0.3, -0.25) is 4.79 Å². The zero-order valence-corrected chi connectivity index (χ0v) is 13.5. The van der Waals surface area contributed by atoms with Crippen LogP contribution in [0.5, 0.6) is 0 Å². The Kier molecular flexibility index (Phi) is 4.21. The summed E-state index contributed by atoms with van der Waals surface area (Å²) in [6.45, 7) is 5.38. The summed E-state index contributed by atoms with van der Waals surface area (Å²) in [5, 5.41) is 1.03. The van der Waals surface area contributed by atoms with Gasteiger partial charge in [0.25, 0.3) is 5.91 Å². The van der Waals surface area contributed by atoms with E-state index in [1.807, 2.05) is 30.9 Å². The first-order valence-electron chi connectivity index (χ1n) is 7.91. The van der Waals surface area contributed by atoms with Crippen LogP contribution in [0.15, 0.2) is 22.6 Å². The highest BCUT2D eigenvalue weighted by molar-refractivity contribution is 5.99. The maximum atomic E-state index is 12.9. The standard InChI is InChI=1S/C18H23NO3/c1-12-7-8-16-15(10-12)13(2)17(22-16)18(20)19-9-5-4-6-14(19)11-21-3/h7-8,10,14H,4-6,9,11H2,1-3H3/t14-/m0/s1. The summed E-state index contributed by atoms with van der Waals surface area (Å²) >= 11 is 0. The van der Waals surface area contributed by atoms with Crippen LogP contribution in [0.4, 0.5) is 0 Å². The second-order valence-electron chi connectivity index (χ2n) is 6.16. The third kappa shape index (κ3) is 2.63. The maximum absolute atomic E-state index is 12.9. The normalized spacial score (nSPS) is 18.9. The lowest BCUT2D eigenvalue weighted by molar-refractivity contribution is 0.0402. The number of carbonyl (C=O) groups is 1. The van der Waals surface area contributed by atoms with Crippen molar-refractivity contribution in [3.8, 4) is 0 Å². The number of rotatable bonds is 3. The fraction of sp³-hybridized carbons (Fsp3) is 0.500. The number of amides is 1. The maximum Gasteiger partial charge on any atom is 0.290 e. The molecule has 1 fully saturated rings. The Morgan fingerprint density at radius 3 is 2.95 bits per heavy atom. The van der Waals surface area contributed by atoms with Gasteiger partial charge >= 0.3 is 0 Å². The summed E-state index contributed by atoms with van der Waals surface area (Å²) in [6, 6.07) is 6.18. The monoisotopic (exact) mass is 301 g/mol. The zero-order chi connectivity index (χ0) is 15.7. The molecule has 0 radical (unpaired) electrons. The molecule has 22 heavy (non-hydrogen) atoms. The fourth-order valence-electron chi connectivity index (χ4n) is 3.30. The average Bonchev–Trinajstić information content (AvgIpc) is 2.84. The molecule has 3 rings (SSSR count). The summed E-state index contributed by atoms with van der Waals surface area (Å²) in [4.78, 5) is 14.9. The van der Waals surface area contributed by atoms with Crippen LogP contribution < -0.4 is 0 Å². The van der Waals surface area contributed by atoms with Crippen molar-refractivity contribution in [1.82, 2.24) is 4.90 Å². The number of ether oxygens (including phenoxy) is 1. The largest absolute Gasteiger partial charge is 0.451 e. The molecule has 1 saturated heterocycles. The molecule has 0 N–H and O–H groups in total. The molecule has 4 nitrogen and oxygen atoms in total. The van der Waals surface area contributed by atoms with Gasteiger partial charge in [0.05, 0.1) is 12.6 Å². The number of benzene rings is 1. The number of carbonyl (C=O) groups excluding carboxylic acids is 1. The SMILES string of the molecule is COC[C@@H]1CCCCN1C(=O)c1oc2ccc(C)cc2c1C. The first-order valence-corrected chi connectivity index (χ1v) is 7.91. The molecular weight excluding hydrogens is 278 g/mol. The molecule has 2 aromatic rings. The van der Waals surface area contributed by atoms with Gasteiger partial charge in [0.15, 0.2) is 5.76 Å². The molecule has 2 heterocycles. The van der Waals surface area contributed by atoms with E-state index in [1.54, 1.807) is 7.11 Å². The first-order chi connectivity index (χ1) is 10.6. The van der Waals surface area contributed by atoms with Crippen molar-refractivity contribution in [2.45, 2.75) is 39.2 Å². The molecule has 0 saturated carbocycles. The Bertz CT molecular complexity index is 687. The number of fused-ring (bicyclic) bond motifs is 1. The Morgan fingerprint density at radius 1 is 1.36 bits per heavy atom. The Balaban J connectivity index is 1.95. The van der Waals surface area contributed by atoms with E-state index in [-0.39, 0.29) is 11.9 Å². The van der Waals surface area contributed by atoms with Crippen LogP contribution in [-0.2, 0) is 4.74 Å². The number of aryl methyl sites for hydroxylation is 2. The minimum absolute atomic E-state index is 0.00639. The van der Waals surface area contributed by atoms with Gasteiger partial charge in [0, 0.05) is 24.6 Å². The minimum atomic E-state index is -0.00639. The lowest BCUT2D eigenvalue weighted by Crippen LogP contribution is -2.46. The van der Waals surface area contributed by atoms with Gasteiger partial charge in [0.2, 0.25) is 0 Å². The topological polar surface area (TPSA) is 42.7 Å². The Labute approximate surface area is 131 Å². The second kappa shape index (κ2) is 6.13. The summed E-state index contributed by atoms with van der Waals surface area (Å²) in [6.07, 6.45) is 3.19. The van der Waals surface area contributed by atoms with Gasteiger partial charge in [-0.15, -0.1) is 0 Å². The molecule has 1 aromatic carbocycles. The molecule has 0 spiro atoms. The predicted octanol–water partition coefficient (Wildman–Crippen LogP) is 3.69. The Morgan fingerprint density at radius 2 is 2.18 bits per heavy atom. The molecule has 1 amide bonds. The third-order valence-corrected chi connectivity index (χ3v) is 4.53. The van der Waals surface area contributed by atoms with Gasteiger partial charge in [-0.1, -0.05) is 11.6 Å². The molecule has 1 aliphatic rings. The van der Waals surface area contributed by atoms with Crippen LogP contribution in [0.1, 0.15) is 40.9 Å². The third-order valence-electron chi connectivity index (χ3n) is 4.53. The first kappa shape index (κ1) is 15.1. The van der Waals surface area contributed by atoms with Gasteiger partial charge in [-0.25, -0.2) is 0 Å². The number of likely N-dealkylation sites (tertiary alicyclic amines) is 1. The van der Waals surface area contributed by atoms with E-state index in [4.69, 9.17) is 9.15 Å². The lowest BCUT2D eigenvalue weighted by Gasteiger charge is -2.34. The molecule has 118 valence electrons.